The van der Waals surface area contributed by atoms with E-state index < -0.39 is 0 Å². The van der Waals surface area contributed by atoms with Crippen molar-refractivity contribution >= 4 is 0 Å². The first kappa shape index (κ1) is 14.2. The Morgan fingerprint density at radius 1 is 1.30 bits per heavy atom. The zero-order chi connectivity index (χ0) is 14.7. The first-order valence-electron chi connectivity index (χ1n) is 6.61. The molecule has 1 aromatic heterocycles. The number of aromatic amines is 1. The second-order valence-electron chi connectivity index (χ2n) is 5.18. The number of hydrogen-bond acceptors (Lipinski definition) is 3. The summed E-state index contributed by atoms with van der Waals surface area (Å²) in [5.74, 6) is 0.945. The molecule has 0 amide bonds. The van der Waals surface area contributed by atoms with Crippen LogP contribution in [0.25, 0.3) is 11.1 Å². The molecule has 0 unspecified atom stereocenters. The van der Waals surface area contributed by atoms with E-state index in [4.69, 9.17) is 4.74 Å². The van der Waals surface area contributed by atoms with E-state index >= 15 is 0 Å². The van der Waals surface area contributed by atoms with E-state index in [0.717, 1.165) is 12.1 Å². The number of rotatable bonds is 4. The van der Waals surface area contributed by atoms with Crippen molar-refractivity contribution in [2.45, 2.75) is 20.3 Å². The van der Waals surface area contributed by atoms with E-state index in [1.54, 1.807) is 24.3 Å². The maximum Gasteiger partial charge on any atom is 0.259 e. The second-order valence-corrected chi connectivity index (χ2v) is 5.18. The third-order valence-corrected chi connectivity index (χ3v) is 3.07. The van der Waals surface area contributed by atoms with Gasteiger partial charge in [0.05, 0.1) is 12.7 Å². The Morgan fingerprint density at radius 3 is 2.60 bits per heavy atom. The number of aromatic nitrogens is 1. The third kappa shape index (κ3) is 2.85. The first-order chi connectivity index (χ1) is 9.52. The highest BCUT2D eigenvalue weighted by atomic mass is 16.5. The number of benzene rings is 1. The van der Waals surface area contributed by atoms with E-state index in [-0.39, 0.29) is 16.9 Å². The monoisotopic (exact) mass is 273 g/mol. The summed E-state index contributed by atoms with van der Waals surface area (Å²) in [7, 11) is 1.54. The normalized spacial score (nSPS) is 10.8. The third-order valence-electron chi connectivity index (χ3n) is 3.07. The maximum atomic E-state index is 12.2. The summed E-state index contributed by atoms with van der Waals surface area (Å²) in [5, 5.41) is 10.2. The molecular weight excluding hydrogens is 254 g/mol. The fourth-order valence-electron chi connectivity index (χ4n) is 2.26. The molecule has 4 heteroatoms. The lowest BCUT2D eigenvalue weighted by molar-refractivity contribution is 0.415. The van der Waals surface area contributed by atoms with Gasteiger partial charge in [0, 0.05) is 17.3 Å². The van der Waals surface area contributed by atoms with Gasteiger partial charge in [0.25, 0.3) is 5.56 Å². The van der Waals surface area contributed by atoms with Crippen LogP contribution in [0.4, 0.5) is 0 Å². The molecule has 0 aliphatic carbocycles. The molecular formula is C16H19NO3. The quantitative estimate of drug-likeness (QED) is 0.900. The average Bonchev–Trinajstić information content (AvgIpc) is 2.37. The molecule has 0 aliphatic rings. The number of aromatic hydroxyl groups is 1. The van der Waals surface area contributed by atoms with Crippen molar-refractivity contribution in [3.05, 3.63) is 46.4 Å². The molecule has 2 aromatic rings. The van der Waals surface area contributed by atoms with Gasteiger partial charge in [-0.05, 0) is 18.4 Å². The van der Waals surface area contributed by atoms with Crippen LogP contribution in [-0.2, 0) is 6.42 Å². The predicted molar refractivity (Wildman–Crippen MR) is 79.3 cm³/mol. The van der Waals surface area contributed by atoms with Gasteiger partial charge < -0.3 is 14.8 Å². The minimum atomic E-state index is -0.301. The Hall–Kier alpha value is -2.23. The Kier molecular flexibility index (Phi) is 4.13. The number of nitrogens with one attached hydrogen (secondary N) is 1. The minimum absolute atomic E-state index is 0.0195. The van der Waals surface area contributed by atoms with Gasteiger partial charge in [-0.1, -0.05) is 32.0 Å². The number of pyridine rings is 1. The molecule has 20 heavy (non-hydrogen) atoms. The summed E-state index contributed by atoms with van der Waals surface area (Å²) in [4.78, 5) is 15.1. The van der Waals surface area contributed by atoms with Crippen molar-refractivity contribution in [1.29, 1.82) is 0 Å². The highest BCUT2D eigenvalue weighted by molar-refractivity contribution is 5.74. The molecule has 0 spiro atoms. The van der Waals surface area contributed by atoms with Gasteiger partial charge in [-0.15, -0.1) is 0 Å². The number of methoxy groups -OCH3 is 1. The zero-order valence-corrected chi connectivity index (χ0v) is 11.9. The predicted octanol–water partition coefficient (Wildman–Crippen LogP) is 2.95. The largest absolute Gasteiger partial charge is 0.507 e. The molecule has 0 atom stereocenters. The summed E-state index contributed by atoms with van der Waals surface area (Å²) in [5.41, 5.74) is 1.27. The van der Waals surface area contributed by atoms with E-state index in [2.05, 4.69) is 18.8 Å². The molecule has 0 aliphatic heterocycles. The Morgan fingerprint density at radius 2 is 2.00 bits per heavy atom. The maximum absolute atomic E-state index is 12.2. The van der Waals surface area contributed by atoms with Gasteiger partial charge >= 0.3 is 0 Å². The number of para-hydroxylation sites is 1. The smallest absolute Gasteiger partial charge is 0.259 e. The first-order valence-corrected chi connectivity index (χ1v) is 6.61. The van der Waals surface area contributed by atoms with Gasteiger partial charge in [-0.25, -0.2) is 0 Å². The van der Waals surface area contributed by atoms with Crippen molar-refractivity contribution in [2.24, 2.45) is 5.92 Å². The fraction of sp³-hybridized carbons (Fsp3) is 0.312. The van der Waals surface area contributed by atoms with Crippen LogP contribution in [0.15, 0.2) is 35.1 Å². The molecule has 4 nitrogen and oxygen atoms in total. The lowest BCUT2D eigenvalue weighted by Crippen LogP contribution is -2.13. The zero-order valence-electron chi connectivity index (χ0n) is 11.9. The van der Waals surface area contributed by atoms with Crippen LogP contribution < -0.4 is 10.3 Å². The second kappa shape index (κ2) is 5.82. The highest BCUT2D eigenvalue weighted by Crippen LogP contribution is 2.33. The number of H-pyrrole nitrogens is 1. The molecule has 1 heterocycles. The Balaban J connectivity index is 2.56. The molecule has 0 bridgehead atoms. The Labute approximate surface area is 118 Å². The van der Waals surface area contributed by atoms with E-state index in [1.165, 1.54) is 7.11 Å². The van der Waals surface area contributed by atoms with Crippen LogP contribution in [0.5, 0.6) is 11.5 Å². The molecule has 0 radical (unpaired) electrons. The van der Waals surface area contributed by atoms with Crippen LogP contribution in [0.2, 0.25) is 0 Å². The van der Waals surface area contributed by atoms with Crippen LogP contribution >= 0.6 is 0 Å². The molecule has 0 fully saturated rings. The van der Waals surface area contributed by atoms with Gasteiger partial charge in [-0.2, -0.15) is 0 Å². The van der Waals surface area contributed by atoms with Crippen molar-refractivity contribution in [3.63, 3.8) is 0 Å². The minimum Gasteiger partial charge on any atom is -0.507 e. The molecule has 2 rings (SSSR count). The number of hydrogen-bond donors (Lipinski definition) is 2. The van der Waals surface area contributed by atoms with Crippen molar-refractivity contribution in [3.8, 4) is 22.6 Å². The van der Waals surface area contributed by atoms with Crippen molar-refractivity contribution < 1.29 is 9.84 Å². The lowest BCUT2D eigenvalue weighted by Gasteiger charge is -2.11. The summed E-state index contributed by atoms with van der Waals surface area (Å²) < 4.78 is 5.24. The molecule has 2 N–H and O–H groups in total. The van der Waals surface area contributed by atoms with Crippen LogP contribution in [0.1, 0.15) is 19.5 Å². The molecule has 1 aromatic carbocycles. The molecule has 106 valence electrons. The van der Waals surface area contributed by atoms with E-state index in [1.807, 2.05) is 6.07 Å². The van der Waals surface area contributed by atoms with E-state index in [0.29, 0.717) is 17.2 Å². The summed E-state index contributed by atoms with van der Waals surface area (Å²) in [6, 6.07) is 8.75. The van der Waals surface area contributed by atoms with Crippen molar-refractivity contribution in [2.75, 3.05) is 7.11 Å². The SMILES string of the molecule is COc1ccccc1-c1c(O)cc(CC(C)C)[nH]c1=O. The fourth-order valence-corrected chi connectivity index (χ4v) is 2.26. The molecule has 0 saturated heterocycles. The van der Waals surface area contributed by atoms with Gasteiger partial charge in [0.1, 0.15) is 11.5 Å². The highest BCUT2D eigenvalue weighted by Gasteiger charge is 2.15. The average molecular weight is 273 g/mol. The van der Waals surface area contributed by atoms with Crippen LogP contribution in [0, 0.1) is 5.92 Å². The summed E-state index contributed by atoms with van der Waals surface area (Å²) >= 11 is 0. The van der Waals surface area contributed by atoms with Crippen LogP contribution in [-0.4, -0.2) is 17.2 Å². The topological polar surface area (TPSA) is 62.3 Å². The van der Waals surface area contributed by atoms with Gasteiger partial charge in [0.15, 0.2) is 0 Å². The summed E-state index contributed by atoms with van der Waals surface area (Å²) in [6.45, 7) is 4.12. The van der Waals surface area contributed by atoms with Gasteiger partial charge in [0.2, 0.25) is 0 Å². The van der Waals surface area contributed by atoms with Crippen LogP contribution in [0.3, 0.4) is 0 Å². The number of ether oxygens (including phenoxy) is 1. The molecule has 0 saturated carbocycles. The lowest BCUT2D eigenvalue weighted by atomic mass is 10.0. The van der Waals surface area contributed by atoms with E-state index in [9.17, 15) is 9.90 Å². The Bertz CT molecular complexity index is 659. The van der Waals surface area contributed by atoms with Gasteiger partial charge in [-0.3, -0.25) is 4.79 Å². The standard InChI is InChI=1S/C16H19NO3/c1-10(2)8-11-9-13(18)15(16(19)17-11)12-6-4-5-7-14(12)20-3/h4-7,9-10H,8H2,1-3H3,(H2,17,18,19). The van der Waals surface area contributed by atoms with Crippen molar-refractivity contribution in [1.82, 2.24) is 4.98 Å². The summed E-state index contributed by atoms with van der Waals surface area (Å²) in [6.07, 6.45) is 0.717.